The van der Waals surface area contributed by atoms with Gasteiger partial charge in [-0.25, -0.2) is 0 Å². The molecule has 1 fully saturated rings. The summed E-state index contributed by atoms with van der Waals surface area (Å²) in [7, 11) is 0. The van der Waals surface area contributed by atoms with Crippen LogP contribution in [0, 0.1) is 0 Å². The number of carboxylic acids is 1. The zero-order valence-corrected chi connectivity index (χ0v) is 16.0. The number of aliphatic carboxylic acids is 1. The minimum Gasteiger partial charge on any atom is -0.480 e. The van der Waals surface area contributed by atoms with Crippen LogP contribution in [-0.4, -0.2) is 23.2 Å². The van der Waals surface area contributed by atoms with Crippen LogP contribution < -0.4 is 5.32 Å². The van der Waals surface area contributed by atoms with Crippen LogP contribution in [0.2, 0.25) is 0 Å². The summed E-state index contributed by atoms with van der Waals surface area (Å²) in [5.41, 5.74) is -0.562. The molecule has 0 aliphatic heterocycles. The quantitative estimate of drug-likeness (QED) is 0.275. The molecule has 142 valence electrons. The number of nitrogens with one attached hydrogen (secondary N) is 1. The Balaban J connectivity index is 1.80. The minimum absolute atomic E-state index is 0.562. The minimum atomic E-state index is -0.677. The van der Waals surface area contributed by atoms with Gasteiger partial charge >= 0.3 is 5.97 Å². The van der Waals surface area contributed by atoms with Gasteiger partial charge in [0.25, 0.3) is 0 Å². The molecular weight excluding hydrogens is 310 g/mol. The van der Waals surface area contributed by atoms with Crippen LogP contribution in [0.3, 0.4) is 0 Å². The summed E-state index contributed by atoms with van der Waals surface area (Å²) in [6.07, 6.45) is 26.9. The molecule has 3 nitrogen and oxygen atoms in total. The van der Waals surface area contributed by atoms with Gasteiger partial charge in [-0.15, -0.1) is 0 Å². The molecule has 0 aromatic heterocycles. The third kappa shape index (κ3) is 11.0. The predicted molar refractivity (Wildman–Crippen MR) is 107 cm³/mol. The van der Waals surface area contributed by atoms with Crippen molar-refractivity contribution in [3.8, 4) is 0 Å². The summed E-state index contributed by atoms with van der Waals surface area (Å²) in [6.45, 7) is 3.00. The lowest BCUT2D eigenvalue weighted by atomic mass is 10.1. The van der Waals surface area contributed by atoms with Gasteiger partial charge in [0.05, 0.1) is 0 Å². The Labute approximate surface area is 154 Å². The van der Waals surface area contributed by atoms with Crippen LogP contribution in [0.25, 0.3) is 0 Å². The number of unbranched alkanes of at least 4 members (excludes halogenated alkanes) is 6. The standard InChI is InChI=1S/C22H37NO2/c1-2-3-4-5-6-7-8-9-10-11-12-13-14-15-16-17-20-23-22(18-19-22)21(24)25/h3-4,6-7,9-10,23H,2,5,8,11-20H2,1H3,(H,24,25)/b4-3-,7-6-,10-9-. The first-order valence-corrected chi connectivity index (χ1v) is 10.1. The monoisotopic (exact) mass is 347 g/mol. The van der Waals surface area contributed by atoms with Gasteiger partial charge in [-0.3, -0.25) is 4.79 Å². The van der Waals surface area contributed by atoms with E-state index >= 15 is 0 Å². The Morgan fingerprint density at radius 1 is 0.880 bits per heavy atom. The van der Waals surface area contributed by atoms with Crippen LogP contribution in [0.5, 0.6) is 0 Å². The van der Waals surface area contributed by atoms with Crippen LogP contribution in [0.1, 0.15) is 84.0 Å². The molecule has 1 aliphatic carbocycles. The number of carbonyl (C=O) groups is 1. The molecule has 0 aromatic carbocycles. The van der Waals surface area contributed by atoms with Crippen LogP contribution in [0.4, 0.5) is 0 Å². The molecule has 0 spiro atoms. The lowest BCUT2D eigenvalue weighted by Crippen LogP contribution is -2.39. The number of hydrogen-bond donors (Lipinski definition) is 2. The van der Waals surface area contributed by atoms with Gasteiger partial charge in [0.15, 0.2) is 0 Å². The van der Waals surface area contributed by atoms with E-state index in [1.54, 1.807) is 0 Å². The summed E-state index contributed by atoms with van der Waals surface area (Å²) >= 11 is 0. The van der Waals surface area contributed by atoms with E-state index in [1.165, 1.54) is 38.5 Å². The van der Waals surface area contributed by atoms with Crippen molar-refractivity contribution in [2.45, 2.75) is 89.5 Å². The summed E-state index contributed by atoms with van der Waals surface area (Å²) in [5, 5.41) is 12.3. The van der Waals surface area contributed by atoms with Gasteiger partial charge in [-0.2, -0.15) is 0 Å². The van der Waals surface area contributed by atoms with Crippen molar-refractivity contribution in [2.24, 2.45) is 0 Å². The highest BCUT2D eigenvalue weighted by Crippen LogP contribution is 2.35. The van der Waals surface area contributed by atoms with E-state index in [1.807, 2.05) is 0 Å². The van der Waals surface area contributed by atoms with Crippen molar-refractivity contribution in [1.29, 1.82) is 0 Å². The molecule has 1 saturated carbocycles. The number of rotatable bonds is 16. The second-order valence-electron chi connectivity index (χ2n) is 7.02. The van der Waals surface area contributed by atoms with E-state index in [0.717, 1.165) is 45.1 Å². The predicted octanol–water partition coefficient (Wildman–Crippen LogP) is 5.78. The first-order valence-electron chi connectivity index (χ1n) is 10.1. The van der Waals surface area contributed by atoms with Gasteiger partial charge in [0, 0.05) is 0 Å². The van der Waals surface area contributed by atoms with E-state index in [0.29, 0.717) is 0 Å². The Morgan fingerprint density at radius 3 is 2.04 bits per heavy atom. The fraction of sp³-hybridized carbons (Fsp3) is 0.682. The molecule has 2 N–H and O–H groups in total. The Bertz CT molecular complexity index is 433. The largest absolute Gasteiger partial charge is 0.480 e. The van der Waals surface area contributed by atoms with Gasteiger partial charge in [0.1, 0.15) is 5.54 Å². The zero-order valence-electron chi connectivity index (χ0n) is 16.0. The van der Waals surface area contributed by atoms with Crippen LogP contribution in [0.15, 0.2) is 36.5 Å². The van der Waals surface area contributed by atoms with Gasteiger partial charge < -0.3 is 10.4 Å². The molecular formula is C22H37NO2. The molecule has 0 aromatic rings. The van der Waals surface area contributed by atoms with Crippen LogP contribution >= 0.6 is 0 Å². The topological polar surface area (TPSA) is 49.3 Å². The first-order chi connectivity index (χ1) is 12.2. The molecule has 25 heavy (non-hydrogen) atoms. The molecule has 0 saturated heterocycles. The molecule has 0 radical (unpaired) electrons. The van der Waals surface area contributed by atoms with Crippen molar-refractivity contribution in [3.63, 3.8) is 0 Å². The van der Waals surface area contributed by atoms with E-state index in [9.17, 15) is 4.79 Å². The summed E-state index contributed by atoms with van der Waals surface area (Å²) in [5.74, 6) is -0.677. The molecule has 0 unspecified atom stereocenters. The molecule has 0 atom stereocenters. The second kappa shape index (κ2) is 13.9. The molecule has 1 rings (SSSR count). The first kappa shape index (κ1) is 21.7. The lowest BCUT2D eigenvalue weighted by Gasteiger charge is -2.11. The third-order valence-electron chi connectivity index (χ3n) is 4.70. The van der Waals surface area contributed by atoms with E-state index in [-0.39, 0.29) is 0 Å². The fourth-order valence-electron chi connectivity index (χ4n) is 2.84. The summed E-state index contributed by atoms with van der Waals surface area (Å²) in [6, 6.07) is 0. The maximum absolute atomic E-state index is 11.0. The second-order valence-corrected chi connectivity index (χ2v) is 7.02. The average molecular weight is 348 g/mol. The van der Waals surface area contributed by atoms with Gasteiger partial charge in [0.2, 0.25) is 0 Å². The van der Waals surface area contributed by atoms with Crippen molar-refractivity contribution >= 4 is 5.97 Å². The summed E-state index contributed by atoms with van der Waals surface area (Å²) in [4.78, 5) is 11.0. The lowest BCUT2D eigenvalue weighted by molar-refractivity contribution is -0.140. The van der Waals surface area contributed by atoms with E-state index < -0.39 is 11.5 Å². The van der Waals surface area contributed by atoms with Crippen molar-refractivity contribution in [3.05, 3.63) is 36.5 Å². The molecule has 1 aliphatic rings. The highest BCUT2D eigenvalue weighted by Gasteiger charge is 2.49. The number of carboxylic acid groups (broad SMARTS) is 1. The van der Waals surface area contributed by atoms with Crippen LogP contribution in [-0.2, 0) is 4.79 Å². The summed E-state index contributed by atoms with van der Waals surface area (Å²) < 4.78 is 0. The highest BCUT2D eigenvalue weighted by atomic mass is 16.4. The number of allylic oxidation sites excluding steroid dienone is 6. The van der Waals surface area contributed by atoms with Gasteiger partial charge in [-0.1, -0.05) is 69.1 Å². The van der Waals surface area contributed by atoms with Gasteiger partial charge in [-0.05, 0) is 57.9 Å². The number of hydrogen-bond acceptors (Lipinski definition) is 2. The van der Waals surface area contributed by atoms with Crippen molar-refractivity contribution in [2.75, 3.05) is 6.54 Å². The third-order valence-corrected chi connectivity index (χ3v) is 4.70. The Hall–Kier alpha value is -1.35. The van der Waals surface area contributed by atoms with Crippen molar-refractivity contribution < 1.29 is 9.90 Å². The maximum Gasteiger partial charge on any atom is 0.323 e. The fourth-order valence-corrected chi connectivity index (χ4v) is 2.84. The molecule has 0 heterocycles. The van der Waals surface area contributed by atoms with E-state index in [2.05, 4.69) is 48.7 Å². The highest BCUT2D eigenvalue weighted by molar-refractivity contribution is 5.82. The zero-order chi connectivity index (χ0) is 18.2. The van der Waals surface area contributed by atoms with Crippen molar-refractivity contribution in [1.82, 2.24) is 5.32 Å². The average Bonchev–Trinajstić information content (AvgIpc) is 3.39. The molecule has 0 amide bonds. The molecule has 0 bridgehead atoms. The Kier molecular flexibility index (Phi) is 12.0. The maximum atomic E-state index is 11.0. The normalized spacial score (nSPS) is 16.4. The smallest absolute Gasteiger partial charge is 0.323 e. The van der Waals surface area contributed by atoms with E-state index in [4.69, 9.17) is 5.11 Å². The Morgan fingerprint density at radius 2 is 1.44 bits per heavy atom. The molecule has 3 heteroatoms. The SMILES string of the molecule is CC/C=C\C/C=C\C/C=C\CCCCCCCCNC1(C(=O)O)CC1.